The lowest BCUT2D eigenvalue weighted by Crippen LogP contribution is -2.49. The molecule has 25 heavy (non-hydrogen) atoms. The quantitative estimate of drug-likeness (QED) is 0.604. The number of fused-ring (bicyclic) bond motifs is 3. The number of ketones is 1. The molecule has 0 aromatic heterocycles. The molecule has 142 valence electrons. The Morgan fingerprint density at radius 2 is 2.04 bits per heavy atom. The first-order valence-corrected chi connectivity index (χ1v) is 9.80. The molecular weight excluding hydrogens is 316 g/mol. The normalized spacial score (nSPS) is 28.0. The SMILES string of the molecule is [CH2]CCCC(CC(=O)[C]1OC2CCC1CC2C(C)(C)C)C(=O)OCC. The fourth-order valence-corrected chi connectivity index (χ4v) is 4.26. The number of carbonyl (C=O) groups is 2. The van der Waals surface area contributed by atoms with Crippen LogP contribution >= 0.6 is 0 Å². The van der Waals surface area contributed by atoms with Crippen molar-refractivity contribution in [1.82, 2.24) is 0 Å². The van der Waals surface area contributed by atoms with Gasteiger partial charge in [-0.1, -0.05) is 40.5 Å². The molecule has 4 atom stereocenters. The van der Waals surface area contributed by atoms with Crippen molar-refractivity contribution in [2.24, 2.45) is 23.2 Å². The van der Waals surface area contributed by atoms with Gasteiger partial charge in [0.1, 0.15) is 0 Å². The van der Waals surface area contributed by atoms with Gasteiger partial charge < -0.3 is 9.47 Å². The van der Waals surface area contributed by atoms with E-state index in [1.165, 1.54) is 0 Å². The van der Waals surface area contributed by atoms with Gasteiger partial charge in [-0.3, -0.25) is 9.59 Å². The van der Waals surface area contributed by atoms with E-state index in [0.29, 0.717) is 25.0 Å². The third-order valence-electron chi connectivity index (χ3n) is 5.68. The molecule has 1 aliphatic carbocycles. The predicted octanol–water partition coefficient (Wildman–Crippen LogP) is 4.52. The van der Waals surface area contributed by atoms with Gasteiger partial charge in [-0.15, -0.1) is 0 Å². The van der Waals surface area contributed by atoms with Crippen LogP contribution < -0.4 is 0 Å². The van der Waals surface area contributed by atoms with Gasteiger partial charge in [0.05, 0.1) is 18.6 Å². The Labute approximate surface area is 153 Å². The highest BCUT2D eigenvalue weighted by Crippen LogP contribution is 2.51. The van der Waals surface area contributed by atoms with E-state index in [0.717, 1.165) is 32.1 Å². The van der Waals surface area contributed by atoms with E-state index >= 15 is 0 Å². The Hall–Kier alpha value is -0.900. The molecule has 3 fully saturated rings. The minimum absolute atomic E-state index is 0.00387. The van der Waals surface area contributed by atoms with Crippen molar-refractivity contribution >= 4 is 11.8 Å². The average Bonchev–Trinajstić information content (AvgIpc) is 2.58. The van der Waals surface area contributed by atoms with E-state index in [9.17, 15) is 9.59 Å². The summed E-state index contributed by atoms with van der Waals surface area (Å²) in [6.45, 7) is 12.7. The zero-order chi connectivity index (χ0) is 18.6. The summed E-state index contributed by atoms with van der Waals surface area (Å²) >= 11 is 0. The lowest BCUT2D eigenvalue weighted by Gasteiger charge is -2.50. The molecule has 1 saturated carbocycles. The summed E-state index contributed by atoms with van der Waals surface area (Å²) in [5.41, 5.74) is 0.194. The maximum absolute atomic E-state index is 12.8. The van der Waals surface area contributed by atoms with Gasteiger partial charge in [-0.05, 0) is 49.9 Å². The number of unbranched alkanes of at least 4 members (excludes halogenated alkanes) is 1. The highest BCUT2D eigenvalue weighted by molar-refractivity contribution is 5.93. The molecule has 2 saturated heterocycles. The average molecular weight is 350 g/mol. The number of ether oxygens (including phenoxy) is 2. The standard InChI is InChI=1S/C21H34O4/c1-6-8-9-15(20(23)24-7-2)13-17(22)19-14-10-11-18(25-19)16(12-14)21(3,4)5/h14-16,18H,1,6-13H2,2-5H3. The van der Waals surface area contributed by atoms with Crippen LogP contribution in [0.25, 0.3) is 0 Å². The summed E-state index contributed by atoms with van der Waals surface area (Å²) in [5, 5.41) is 0. The Morgan fingerprint density at radius 1 is 1.32 bits per heavy atom. The molecule has 0 aromatic rings. The number of carbonyl (C=O) groups excluding carboxylic acids is 2. The second-order valence-corrected chi connectivity index (χ2v) is 8.58. The molecule has 0 spiro atoms. The van der Waals surface area contributed by atoms with Gasteiger partial charge in [0.25, 0.3) is 0 Å². The predicted molar refractivity (Wildman–Crippen MR) is 97.4 cm³/mol. The van der Waals surface area contributed by atoms with E-state index in [1.807, 2.05) is 0 Å². The molecule has 0 aromatic carbocycles. The van der Waals surface area contributed by atoms with Crippen molar-refractivity contribution in [2.75, 3.05) is 6.61 Å². The van der Waals surface area contributed by atoms with Crippen LogP contribution in [0.2, 0.25) is 0 Å². The van der Waals surface area contributed by atoms with Gasteiger partial charge in [0.15, 0.2) is 11.9 Å². The molecular formula is C21H34O4. The zero-order valence-electron chi connectivity index (χ0n) is 16.3. The number of hydrogen-bond donors (Lipinski definition) is 0. The summed E-state index contributed by atoms with van der Waals surface area (Å²) < 4.78 is 11.3. The van der Waals surface area contributed by atoms with Crippen molar-refractivity contribution in [3.05, 3.63) is 13.0 Å². The van der Waals surface area contributed by atoms with E-state index in [1.54, 1.807) is 6.92 Å². The van der Waals surface area contributed by atoms with E-state index in [4.69, 9.17) is 9.47 Å². The third kappa shape index (κ3) is 5.06. The number of esters is 1. The number of hydrogen-bond acceptors (Lipinski definition) is 4. The first kappa shape index (κ1) is 20.4. The van der Waals surface area contributed by atoms with Gasteiger partial charge >= 0.3 is 5.97 Å². The molecule has 3 rings (SSSR count). The molecule has 2 heterocycles. The molecule has 2 aliphatic heterocycles. The molecule has 4 heteroatoms. The van der Waals surface area contributed by atoms with E-state index < -0.39 is 0 Å². The topological polar surface area (TPSA) is 52.6 Å². The molecule has 0 N–H and O–H groups in total. The summed E-state index contributed by atoms with van der Waals surface area (Å²) in [7, 11) is 0. The smallest absolute Gasteiger partial charge is 0.309 e. The Balaban J connectivity index is 1.99. The lowest BCUT2D eigenvalue weighted by atomic mass is 9.63. The van der Waals surface area contributed by atoms with Crippen LogP contribution in [-0.2, 0) is 19.1 Å². The van der Waals surface area contributed by atoms with E-state index in [2.05, 4.69) is 27.7 Å². The van der Waals surface area contributed by atoms with Crippen molar-refractivity contribution in [3.8, 4) is 0 Å². The first-order valence-electron chi connectivity index (χ1n) is 9.80. The van der Waals surface area contributed by atoms with Crippen molar-refractivity contribution in [3.63, 3.8) is 0 Å². The number of Topliss-reactive ketones (excluding diaryl/α,β-unsaturated/α-hetero) is 1. The summed E-state index contributed by atoms with van der Waals surface area (Å²) in [5.74, 6) is 0.0824. The van der Waals surface area contributed by atoms with E-state index in [-0.39, 0.29) is 41.5 Å². The van der Waals surface area contributed by atoms with Crippen molar-refractivity contribution < 1.29 is 19.1 Å². The van der Waals surface area contributed by atoms with Crippen LogP contribution in [-0.4, -0.2) is 24.5 Å². The molecule has 2 radical (unpaired) electrons. The highest BCUT2D eigenvalue weighted by atomic mass is 16.5. The third-order valence-corrected chi connectivity index (χ3v) is 5.68. The van der Waals surface area contributed by atoms with Gasteiger partial charge in [0.2, 0.25) is 0 Å². The molecule has 3 aliphatic rings. The maximum atomic E-state index is 12.8. The lowest BCUT2D eigenvalue weighted by molar-refractivity contribution is -0.157. The Bertz CT molecular complexity index is 465. The maximum Gasteiger partial charge on any atom is 0.309 e. The van der Waals surface area contributed by atoms with Crippen molar-refractivity contribution in [2.45, 2.75) is 78.7 Å². The molecule has 0 amide bonds. The second-order valence-electron chi connectivity index (χ2n) is 8.58. The van der Waals surface area contributed by atoms with Gasteiger partial charge in [0, 0.05) is 6.42 Å². The largest absolute Gasteiger partial charge is 0.466 e. The van der Waals surface area contributed by atoms with Crippen LogP contribution in [0.5, 0.6) is 0 Å². The molecule has 4 unspecified atom stereocenters. The minimum Gasteiger partial charge on any atom is -0.466 e. The highest BCUT2D eigenvalue weighted by Gasteiger charge is 2.49. The van der Waals surface area contributed by atoms with Crippen LogP contribution in [0.3, 0.4) is 0 Å². The zero-order valence-corrected chi connectivity index (χ0v) is 16.3. The summed E-state index contributed by atoms with van der Waals surface area (Å²) in [4.78, 5) is 25.0. The number of rotatable bonds is 8. The Kier molecular flexibility index (Phi) is 7.07. The molecule has 2 bridgehead atoms. The first-order chi connectivity index (χ1) is 11.8. The van der Waals surface area contributed by atoms with Gasteiger partial charge in [-0.25, -0.2) is 0 Å². The summed E-state index contributed by atoms with van der Waals surface area (Å²) in [6, 6.07) is 0. The monoisotopic (exact) mass is 350 g/mol. The molecule has 4 nitrogen and oxygen atoms in total. The Morgan fingerprint density at radius 3 is 2.56 bits per heavy atom. The minimum atomic E-state index is -0.371. The van der Waals surface area contributed by atoms with Crippen LogP contribution in [0.15, 0.2) is 0 Å². The summed E-state index contributed by atoms with van der Waals surface area (Å²) in [6.07, 6.45) is 6.30. The van der Waals surface area contributed by atoms with Gasteiger partial charge in [-0.2, -0.15) is 0 Å². The van der Waals surface area contributed by atoms with Crippen LogP contribution in [0, 0.1) is 36.2 Å². The fourth-order valence-electron chi connectivity index (χ4n) is 4.26. The second kappa shape index (κ2) is 8.66. The fraction of sp³-hybridized carbons (Fsp3) is 0.810. The van der Waals surface area contributed by atoms with Crippen molar-refractivity contribution in [1.29, 1.82) is 0 Å². The van der Waals surface area contributed by atoms with Crippen LogP contribution in [0.4, 0.5) is 0 Å². The van der Waals surface area contributed by atoms with Crippen LogP contribution in [0.1, 0.15) is 72.6 Å².